The summed E-state index contributed by atoms with van der Waals surface area (Å²) in [6.45, 7) is -2.76. The molecule has 0 radical (unpaired) electrons. The number of aromatic nitrogens is 1. The molecule has 0 unspecified atom stereocenters. The van der Waals surface area contributed by atoms with Gasteiger partial charge in [0.15, 0.2) is 0 Å². The zero-order chi connectivity index (χ0) is 29.3. The molecule has 3 heterocycles. The minimum absolute atomic E-state index is 0.0171. The molecule has 1 aliphatic heterocycles. The van der Waals surface area contributed by atoms with E-state index in [1.165, 1.54) is 30.7 Å². The first-order valence-electron chi connectivity index (χ1n) is 14.9. The van der Waals surface area contributed by atoms with E-state index in [0.717, 1.165) is 4.88 Å². The zero-order valence-electron chi connectivity index (χ0n) is 27.2. The molecular weight excluding hydrogens is 354 g/mol. The molecular formula is C23H31NO2S. The van der Waals surface area contributed by atoms with Crippen LogP contribution in [0.15, 0.2) is 35.8 Å². The smallest absolute Gasteiger partial charge is 0.132 e. The van der Waals surface area contributed by atoms with E-state index >= 15 is 0 Å². The Morgan fingerprint density at radius 2 is 2.22 bits per heavy atom. The molecule has 27 heavy (non-hydrogen) atoms. The Balaban J connectivity index is 1.85. The van der Waals surface area contributed by atoms with Crippen molar-refractivity contribution >= 4 is 11.3 Å². The topological polar surface area (TPSA) is 31.4 Å². The number of methoxy groups -OCH3 is 1. The van der Waals surface area contributed by atoms with Crippen molar-refractivity contribution in [2.45, 2.75) is 75.0 Å². The number of hydrogen-bond acceptors (Lipinski definition) is 4. The summed E-state index contributed by atoms with van der Waals surface area (Å²) in [7, 11) is 1.51. The van der Waals surface area contributed by atoms with E-state index in [2.05, 4.69) is 4.98 Å². The molecule has 1 atom stereocenters. The van der Waals surface area contributed by atoms with E-state index in [-0.39, 0.29) is 12.1 Å². The van der Waals surface area contributed by atoms with Crippen molar-refractivity contribution in [1.29, 1.82) is 0 Å². The highest BCUT2D eigenvalue weighted by atomic mass is 32.1. The Morgan fingerprint density at radius 3 is 3.00 bits per heavy atom. The van der Waals surface area contributed by atoms with Crippen molar-refractivity contribution in [2.75, 3.05) is 13.7 Å². The van der Waals surface area contributed by atoms with Gasteiger partial charge in [-0.05, 0) is 68.4 Å². The molecule has 1 aliphatic carbocycles. The van der Waals surface area contributed by atoms with Crippen molar-refractivity contribution in [1.82, 2.24) is 4.98 Å². The minimum atomic E-state index is -3.40. The molecule has 3 nitrogen and oxygen atoms in total. The zero-order valence-corrected chi connectivity index (χ0v) is 16.0. The van der Waals surface area contributed by atoms with E-state index in [9.17, 15) is 0 Å². The van der Waals surface area contributed by atoms with Gasteiger partial charge in [0, 0.05) is 42.4 Å². The molecule has 146 valence electrons. The average Bonchev–Trinajstić information content (AvgIpc) is 3.30. The van der Waals surface area contributed by atoms with Gasteiger partial charge in [-0.1, -0.05) is 25.2 Å². The highest BCUT2D eigenvalue weighted by Crippen LogP contribution is 2.50. The maximum Gasteiger partial charge on any atom is 0.132 e. The van der Waals surface area contributed by atoms with Gasteiger partial charge in [0.1, 0.15) is 5.75 Å². The second-order valence-electron chi connectivity index (χ2n) is 6.76. The van der Waals surface area contributed by atoms with E-state index in [0.29, 0.717) is 12.2 Å². The van der Waals surface area contributed by atoms with Crippen LogP contribution in [0.5, 0.6) is 5.75 Å². The molecule has 4 rings (SSSR count). The number of pyridine rings is 1. The normalized spacial score (nSPS) is 40.8. The van der Waals surface area contributed by atoms with Crippen LogP contribution in [0.25, 0.3) is 0 Å². The Morgan fingerprint density at radius 1 is 1.33 bits per heavy atom. The number of ether oxygens (including phenoxy) is 2. The quantitative estimate of drug-likeness (QED) is 0.580. The Bertz CT molecular complexity index is 1180. The SMILES string of the molecule is [2H]C([2H])(CCc1sccc1OC)C[C@@]1(c2ccccn2)CC([2H])([2H])OC2(C1)C([2H])([2H])C([2H])([2H])C([2H])([2H])C2([2H])[2H]. The van der Waals surface area contributed by atoms with Crippen molar-refractivity contribution < 1.29 is 25.9 Å². The lowest BCUT2D eigenvalue weighted by Crippen LogP contribution is -2.46. The first-order chi connectivity index (χ1) is 17.7. The summed E-state index contributed by atoms with van der Waals surface area (Å²) in [6.07, 6.45) is -15.4. The number of aryl methyl sites for hydroxylation is 1. The summed E-state index contributed by atoms with van der Waals surface area (Å²) < 4.78 is 114. The summed E-state index contributed by atoms with van der Waals surface area (Å²) >= 11 is 1.40. The van der Waals surface area contributed by atoms with Crippen LogP contribution in [0.2, 0.25) is 0 Å². The van der Waals surface area contributed by atoms with Gasteiger partial charge in [0.25, 0.3) is 0 Å². The Labute approximate surface area is 184 Å². The largest absolute Gasteiger partial charge is 0.496 e. The summed E-state index contributed by atoms with van der Waals surface area (Å²) in [5, 5.41) is 1.82. The maximum absolute atomic E-state index is 8.91. The van der Waals surface area contributed by atoms with Crippen molar-refractivity contribution in [3.63, 3.8) is 0 Å². The van der Waals surface area contributed by atoms with Crippen molar-refractivity contribution in [3.8, 4) is 5.75 Å². The minimum Gasteiger partial charge on any atom is -0.496 e. The van der Waals surface area contributed by atoms with E-state index in [1.54, 1.807) is 18.2 Å². The highest BCUT2D eigenvalue weighted by Gasteiger charge is 2.48. The van der Waals surface area contributed by atoms with Crippen molar-refractivity contribution in [3.05, 3.63) is 46.4 Å². The van der Waals surface area contributed by atoms with Crippen LogP contribution < -0.4 is 4.74 Å². The second-order valence-corrected chi connectivity index (χ2v) is 7.76. The molecule has 1 spiro atoms. The van der Waals surface area contributed by atoms with Gasteiger partial charge in [-0.15, -0.1) is 11.3 Å². The van der Waals surface area contributed by atoms with Crippen LogP contribution in [0.4, 0.5) is 0 Å². The predicted molar refractivity (Wildman–Crippen MR) is 111 cm³/mol. The fourth-order valence-corrected chi connectivity index (χ4v) is 4.45. The van der Waals surface area contributed by atoms with Gasteiger partial charge >= 0.3 is 0 Å². The number of nitrogens with zero attached hydrogens (tertiary/aromatic N) is 1. The standard InChI is InChI=1S/C23H31NO2S/c1-25-19-10-17-27-20(19)8-2-4-11-22(21-9-3-7-15-24-21)14-16-26-23(18-22)12-5-6-13-23/h3,7,9-10,15,17H,2,4-6,8,11-14,16,18H2,1H3/t22-/m1/s1/i4D2,5D2,6D2,12D2,13D2,16D2. The molecule has 2 aromatic heterocycles. The molecule has 2 aliphatic rings. The lowest BCUT2D eigenvalue weighted by molar-refractivity contribution is -0.104. The van der Waals surface area contributed by atoms with Gasteiger partial charge in [-0.3, -0.25) is 4.98 Å². The molecule has 0 aromatic carbocycles. The average molecular weight is 398 g/mol. The van der Waals surface area contributed by atoms with Crippen LogP contribution in [-0.2, 0) is 16.6 Å². The second kappa shape index (κ2) is 8.32. The van der Waals surface area contributed by atoms with E-state index in [1.807, 2.05) is 5.38 Å². The molecule has 2 aromatic rings. The fourth-order valence-electron chi connectivity index (χ4n) is 3.60. The predicted octanol–water partition coefficient (Wildman–Crippen LogP) is 5.93. The Hall–Kier alpha value is -1.39. The van der Waals surface area contributed by atoms with Gasteiger partial charge in [-0.2, -0.15) is 0 Å². The lowest BCUT2D eigenvalue weighted by atomic mass is 9.67. The van der Waals surface area contributed by atoms with Crippen molar-refractivity contribution in [2.24, 2.45) is 0 Å². The molecule has 2 fully saturated rings. The molecule has 0 N–H and O–H groups in total. The van der Waals surface area contributed by atoms with E-state index < -0.39 is 68.7 Å². The molecule has 1 saturated carbocycles. The summed E-state index contributed by atoms with van der Waals surface area (Å²) in [6, 6.07) is 6.50. The molecule has 0 amide bonds. The highest BCUT2D eigenvalue weighted by molar-refractivity contribution is 7.10. The number of hydrogen-bond donors (Lipinski definition) is 0. The number of thiophene rings is 1. The fraction of sp³-hybridized carbons (Fsp3) is 0.609. The third kappa shape index (κ3) is 4.07. The monoisotopic (exact) mass is 397 g/mol. The first-order valence-corrected chi connectivity index (χ1v) is 9.81. The number of rotatable bonds is 7. The third-order valence-electron chi connectivity index (χ3n) is 4.96. The van der Waals surface area contributed by atoms with Crippen LogP contribution in [0.3, 0.4) is 0 Å². The van der Waals surface area contributed by atoms with Gasteiger partial charge < -0.3 is 9.47 Å². The summed E-state index contributed by atoms with van der Waals surface area (Å²) in [4.78, 5) is 5.16. The molecule has 1 saturated heterocycles. The third-order valence-corrected chi connectivity index (χ3v) is 5.92. The maximum atomic E-state index is 8.91. The molecule has 0 bridgehead atoms. The van der Waals surface area contributed by atoms with Crippen LogP contribution >= 0.6 is 11.3 Å². The molecule has 4 heteroatoms. The Kier molecular flexibility index (Phi) is 2.90. The first kappa shape index (κ1) is 9.41. The van der Waals surface area contributed by atoms with Gasteiger partial charge in [0.05, 0.1) is 15.5 Å². The van der Waals surface area contributed by atoms with Crippen LogP contribution in [0.1, 0.15) is 84.6 Å². The van der Waals surface area contributed by atoms with Crippen LogP contribution in [0, 0.1) is 0 Å². The lowest BCUT2D eigenvalue weighted by Gasteiger charge is -2.46. The van der Waals surface area contributed by atoms with Gasteiger partial charge in [0.2, 0.25) is 0 Å². The summed E-state index contributed by atoms with van der Waals surface area (Å²) in [5.41, 5.74) is -4.43. The van der Waals surface area contributed by atoms with Gasteiger partial charge in [-0.25, -0.2) is 0 Å². The van der Waals surface area contributed by atoms with Crippen LogP contribution in [-0.4, -0.2) is 24.3 Å². The summed E-state index contributed by atoms with van der Waals surface area (Å²) in [5.74, 6) is 0.619. The van der Waals surface area contributed by atoms with E-state index in [4.69, 9.17) is 25.9 Å².